The molecule has 0 saturated carbocycles. The van der Waals surface area contributed by atoms with Crippen LogP contribution in [0.4, 0.5) is 0 Å². The van der Waals surface area contributed by atoms with Crippen LogP contribution in [-0.4, -0.2) is 27.7 Å². The highest BCUT2D eigenvalue weighted by molar-refractivity contribution is 5.92. The summed E-state index contributed by atoms with van der Waals surface area (Å²) in [4.78, 5) is 17.7. The second-order valence-corrected chi connectivity index (χ2v) is 11.9. The van der Waals surface area contributed by atoms with E-state index in [0.29, 0.717) is 42.6 Å². The molecular formula is C41H38N2O5. The van der Waals surface area contributed by atoms with E-state index in [2.05, 4.69) is 18.4 Å². The summed E-state index contributed by atoms with van der Waals surface area (Å²) in [7, 11) is 1.47. The first kappa shape index (κ1) is 32.1. The minimum Gasteiger partial charge on any atom is -0.496 e. The van der Waals surface area contributed by atoms with Gasteiger partial charge in [-0.3, -0.25) is 4.57 Å². The predicted molar refractivity (Wildman–Crippen MR) is 188 cm³/mol. The van der Waals surface area contributed by atoms with Gasteiger partial charge < -0.3 is 19.3 Å². The zero-order valence-corrected chi connectivity index (χ0v) is 27.3. The van der Waals surface area contributed by atoms with Gasteiger partial charge in [-0.1, -0.05) is 98.8 Å². The molecule has 7 nitrogen and oxygen atoms in total. The van der Waals surface area contributed by atoms with Crippen LogP contribution in [0.15, 0.2) is 127 Å². The molecule has 6 rings (SSSR count). The molecule has 7 heteroatoms. The van der Waals surface area contributed by atoms with Crippen LogP contribution in [0.5, 0.6) is 17.2 Å². The highest BCUT2D eigenvalue weighted by Crippen LogP contribution is 2.41. The monoisotopic (exact) mass is 638 g/mol. The van der Waals surface area contributed by atoms with Crippen LogP contribution in [-0.2, 0) is 19.6 Å². The van der Waals surface area contributed by atoms with Crippen molar-refractivity contribution in [1.82, 2.24) is 9.55 Å². The number of imidazole rings is 1. The minimum absolute atomic E-state index is 0.0619. The molecule has 0 aliphatic rings. The average Bonchev–Trinajstić information content (AvgIpc) is 3.48. The van der Waals surface area contributed by atoms with Crippen molar-refractivity contribution in [3.8, 4) is 45.6 Å². The molecule has 6 aromatic rings. The molecule has 0 fully saturated rings. The third-order valence-electron chi connectivity index (χ3n) is 7.99. The molecule has 5 aromatic carbocycles. The van der Waals surface area contributed by atoms with Gasteiger partial charge in [-0.25, -0.2) is 9.78 Å². The molecule has 0 atom stereocenters. The summed E-state index contributed by atoms with van der Waals surface area (Å²) in [6, 6.07) is 41.0. The van der Waals surface area contributed by atoms with E-state index < -0.39 is 5.97 Å². The third kappa shape index (κ3) is 7.10. The molecule has 48 heavy (non-hydrogen) atoms. The van der Waals surface area contributed by atoms with Gasteiger partial charge in [-0.05, 0) is 65.9 Å². The summed E-state index contributed by atoms with van der Waals surface area (Å²) in [5.41, 5.74) is 6.12. The highest BCUT2D eigenvalue weighted by Gasteiger charge is 2.26. The molecule has 0 amide bonds. The van der Waals surface area contributed by atoms with Crippen molar-refractivity contribution < 1.29 is 24.1 Å². The quantitative estimate of drug-likeness (QED) is 0.136. The molecule has 1 aromatic heterocycles. The molecule has 0 aliphatic heterocycles. The zero-order chi connectivity index (χ0) is 33.5. The maximum Gasteiger partial charge on any atom is 0.339 e. The first-order valence-corrected chi connectivity index (χ1v) is 16.0. The van der Waals surface area contributed by atoms with Gasteiger partial charge in [0.05, 0.1) is 24.1 Å². The van der Waals surface area contributed by atoms with Gasteiger partial charge in [0.1, 0.15) is 41.9 Å². The SMILES string of the molecule is COc1ccc(-n2c(-c3ccccc3OCc3ccccc3)nc(-c3ccccc3OCc3ccccc3)c2CC(C)C)cc1C(=O)O. The van der Waals surface area contributed by atoms with E-state index in [0.717, 1.165) is 33.6 Å². The molecule has 242 valence electrons. The fourth-order valence-corrected chi connectivity index (χ4v) is 5.74. The number of carboxylic acids is 1. The van der Waals surface area contributed by atoms with Crippen LogP contribution in [0.2, 0.25) is 0 Å². The number of hydrogen-bond acceptors (Lipinski definition) is 5. The van der Waals surface area contributed by atoms with Crippen LogP contribution in [0.3, 0.4) is 0 Å². The normalized spacial score (nSPS) is 11.0. The lowest BCUT2D eigenvalue weighted by Crippen LogP contribution is -2.09. The van der Waals surface area contributed by atoms with Crippen molar-refractivity contribution >= 4 is 5.97 Å². The van der Waals surface area contributed by atoms with Crippen molar-refractivity contribution in [2.75, 3.05) is 7.11 Å². The number of benzene rings is 5. The fourth-order valence-electron chi connectivity index (χ4n) is 5.74. The van der Waals surface area contributed by atoms with Crippen molar-refractivity contribution in [2.24, 2.45) is 5.92 Å². The number of carboxylic acid groups (broad SMARTS) is 1. The lowest BCUT2D eigenvalue weighted by molar-refractivity contribution is 0.0693. The highest BCUT2D eigenvalue weighted by atomic mass is 16.5. The number of ether oxygens (including phenoxy) is 3. The number of rotatable bonds is 13. The Morgan fingerprint density at radius 2 is 1.25 bits per heavy atom. The number of aromatic nitrogens is 2. The Morgan fingerprint density at radius 1 is 0.708 bits per heavy atom. The number of para-hydroxylation sites is 2. The Hall–Kier alpha value is -5.82. The van der Waals surface area contributed by atoms with Gasteiger partial charge in [0.25, 0.3) is 0 Å². The van der Waals surface area contributed by atoms with Gasteiger partial charge in [0.15, 0.2) is 0 Å². The molecule has 0 spiro atoms. The molecule has 0 radical (unpaired) electrons. The Balaban J connectivity index is 1.56. The molecular weight excluding hydrogens is 600 g/mol. The minimum atomic E-state index is -1.08. The number of methoxy groups -OCH3 is 1. The number of aromatic carboxylic acids is 1. The van der Waals surface area contributed by atoms with E-state index in [9.17, 15) is 9.90 Å². The van der Waals surface area contributed by atoms with Crippen LogP contribution >= 0.6 is 0 Å². The Bertz CT molecular complexity index is 2000. The summed E-state index contributed by atoms with van der Waals surface area (Å²) in [6.45, 7) is 5.10. The molecule has 1 N–H and O–H groups in total. The summed E-state index contributed by atoms with van der Waals surface area (Å²) < 4.78 is 20.3. The van der Waals surface area contributed by atoms with E-state index >= 15 is 0 Å². The maximum atomic E-state index is 12.4. The van der Waals surface area contributed by atoms with Gasteiger partial charge >= 0.3 is 5.97 Å². The first-order chi connectivity index (χ1) is 23.4. The van der Waals surface area contributed by atoms with Crippen molar-refractivity contribution in [3.63, 3.8) is 0 Å². The predicted octanol–water partition coefficient (Wildman–Crippen LogP) is 9.27. The number of carbonyl (C=O) groups is 1. The van der Waals surface area contributed by atoms with Crippen LogP contribution in [0, 0.1) is 5.92 Å². The largest absolute Gasteiger partial charge is 0.496 e. The topological polar surface area (TPSA) is 82.8 Å². The second-order valence-electron chi connectivity index (χ2n) is 11.9. The van der Waals surface area contributed by atoms with Gasteiger partial charge in [0, 0.05) is 11.3 Å². The fraction of sp³-hybridized carbons (Fsp3) is 0.171. The first-order valence-electron chi connectivity index (χ1n) is 16.0. The van der Waals surface area contributed by atoms with Crippen molar-refractivity contribution in [3.05, 3.63) is 150 Å². The van der Waals surface area contributed by atoms with E-state index in [4.69, 9.17) is 19.2 Å². The van der Waals surface area contributed by atoms with Gasteiger partial charge in [0.2, 0.25) is 0 Å². The van der Waals surface area contributed by atoms with Crippen LogP contribution in [0.1, 0.15) is 41.0 Å². The zero-order valence-electron chi connectivity index (χ0n) is 27.3. The van der Waals surface area contributed by atoms with Gasteiger partial charge in [-0.2, -0.15) is 0 Å². The van der Waals surface area contributed by atoms with Crippen LogP contribution < -0.4 is 14.2 Å². The Labute approximate surface area is 281 Å². The molecule has 0 unspecified atom stereocenters. The molecule has 0 bridgehead atoms. The summed E-state index contributed by atoms with van der Waals surface area (Å²) in [5, 5.41) is 10.1. The van der Waals surface area contributed by atoms with E-state index in [-0.39, 0.29) is 17.2 Å². The van der Waals surface area contributed by atoms with E-state index in [1.807, 2.05) is 115 Å². The van der Waals surface area contributed by atoms with E-state index in [1.54, 1.807) is 12.1 Å². The number of nitrogens with zero attached hydrogens (tertiary/aromatic N) is 2. The maximum absolute atomic E-state index is 12.4. The average molecular weight is 639 g/mol. The molecule has 1 heterocycles. The molecule has 0 aliphatic carbocycles. The summed E-state index contributed by atoms with van der Waals surface area (Å²) >= 11 is 0. The summed E-state index contributed by atoms with van der Waals surface area (Å²) in [5.74, 6) is 1.46. The van der Waals surface area contributed by atoms with Crippen LogP contribution in [0.25, 0.3) is 28.3 Å². The Kier molecular flexibility index (Phi) is 9.86. The standard InChI is InChI=1S/C41H38N2O5/c1-28(2)24-35-39(32-18-10-12-20-37(32)47-26-29-14-6-4-7-15-29)42-40(43(35)31-22-23-36(46-3)34(25-31)41(44)45)33-19-11-13-21-38(33)48-27-30-16-8-5-9-17-30/h4-23,25,28H,24,26-27H2,1-3H3,(H,44,45). The van der Waals surface area contributed by atoms with E-state index in [1.165, 1.54) is 7.11 Å². The smallest absolute Gasteiger partial charge is 0.339 e. The lowest BCUT2D eigenvalue weighted by atomic mass is 10.0. The lowest BCUT2D eigenvalue weighted by Gasteiger charge is -2.18. The van der Waals surface area contributed by atoms with Crippen molar-refractivity contribution in [2.45, 2.75) is 33.5 Å². The molecule has 0 saturated heterocycles. The second kappa shape index (κ2) is 14.7. The third-order valence-corrected chi connectivity index (χ3v) is 7.99. The number of hydrogen-bond donors (Lipinski definition) is 1. The van der Waals surface area contributed by atoms with Gasteiger partial charge in [-0.15, -0.1) is 0 Å². The Morgan fingerprint density at radius 3 is 1.81 bits per heavy atom. The van der Waals surface area contributed by atoms with Crippen molar-refractivity contribution in [1.29, 1.82) is 0 Å². The summed E-state index contributed by atoms with van der Waals surface area (Å²) in [6.07, 6.45) is 0.664.